The maximum absolute atomic E-state index is 8.89. The van der Waals surface area contributed by atoms with E-state index in [9.17, 15) is 0 Å². The normalized spacial score (nSPS) is 15.6. The molecule has 7 aromatic carbocycles. The van der Waals surface area contributed by atoms with Crippen molar-refractivity contribution in [2.24, 2.45) is 0 Å². The van der Waals surface area contributed by atoms with E-state index in [1.54, 1.807) is 0 Å². The summed E-state index contributed by atoms with van der Waals surface area (Å²) in [4.78, 5) is 17.8. The Labute approximate surface area is 335 Å². The van der Waals surface area contributed by atoms with Gasteiger partial charge in [0.2, 0.25) is 0 Å². The number of benzene rings is 7. The van der Waals surface area contributed by atoms with Crippen LogP contribution in [0.5, 0.6) is 0 Å². The molecule has 8 rings (SSSR count). The molecule has 0 radical (unpaired) electrons. The van der Waals surface area contributed by atoms with Crippen LogP contribution in [0.4, 0.5) is 0 Å². The Kier molecular flexibility index (Phi) is 13.4. The molecule has 0 bridgehead atoms. The molecule has 273 valence electrons. The van der Waals surface area contributed by atoms with Crippen molar-refractivity contribution < 1.29 is 38.1 Å². The number of carbonyl (C=O) groups is 2. The minimum absolute atomic E-state index is 0.0881. The van der Waals surface area contributed by atoms with Gasteiger partial charge in [-0.25, -0.2) is 0 Å². The van der Waals surface area contributed by atoms with Gasteiger partial charge in [0.1, 0.15) is 0 Å². The second-order valence-electron chi connectivity index (χ2n) is 12.8. The van der Waals surface area contributed by atoms with Crippen molar-refractivity contribution >= 4 is 71.2 Å². The number of carboxylic acids is 2. The summed E-state index contributed by atoms with van der Waals surface area (Å²) in [6, 6.07) is 67.7. The topological polar surface area (TPSA) is 80.3 Å². The SMILES string of the molecule is CC(=O)[O-].CC(=O)[O-].[Ru+2][C]1(P(c2ccccc2)c2ccccc2)C=Cc2ccccc2C1c1c(P(c2ccccc2)c2ccccc2)ccc2ccccc12. The average molecular weight is 843 g/mol. The van der Waals surface area contributed by atoms with E-state index in [0.717, 1.165) is 13.8 Å². The summed E-state index contributed by atoms with van der Waals surface area (Å²) < 4.78 is -0.293. The average Bonchev–Trinajstić information content (AvgIpc) is 3.19. The Morgan fingerprint density at radius 3 is 1.47 bits per heavy atom. The number of allylic oxidation sites excluding steroid dienone is 1. The summed E-state index contributed by atoms with van der Waals surface area (Å²) in [5, 5.41) is 27.3. The van der Waals surface area contributed by atoms with E-state index in [4.69, 9.17) is 19.8 Å². The molecule has 2 unspecified atom stereocenters. The maximum atomic E-state index is 8.89. The molecule has 4 nitrogen and oxygen atoms in total. The fraction of sp³-hybridized carbons (Fsp3) is 0.0833. The molecule has 0 saturated heterocycles. The number of hydrogen-bond donors (Lipinski definition) is 0. The third kappa shape index (κ3) is 9.26. The fourth-order valence-corrected chi connectivity index (χ4v) is 14.3. The van der Waals surface area contributed by atoms with Gasteiger partial charge in [0.05, 0.1) is 0 Å². The Morgan fingerprint density at radius 2 is 0.964 bits per heavy atom. The van der Waals surface area contributed by atoms with Gasteiger partial charge in [0.25, 0.3) is 0 Å². The van der Waals surface area contributed by atoms with E-state index in [2.05, 4.69) is 212 Å². The van der Waals surface area contributed by atoms with E-state index in [0.29, 0.717) is 0 Å². The molecule has 1 aliphatic carbocycles. The van der Waals surface area contributed by atoms with Crippen LogP contribution in [0.25, 0.3) is 16.8 Å². The second-order valence-corrected chi connectivity index (χ2v) is 19.6. The van der Waals surface area contributed by atoms with Gasteiger partial charge in [-0.05, 0) is 13.8 Å². The predicted molar refractivity (Wildman–Crippen MR) is 223 cm³/mol. The zero-order valence-corrected chi connectivity index (χ0v) is 34.0. The summed E-state index contributed by atoms with van der Waals surface area (Å²) in [5.74, 6) is -2.08. The van der Waals surface area contributed by atoms with E-state index < -0.39 is 27.8 Å². The van der Waals surface area contributed by atoms with Crippen molar-refractivity contribution in [1.82, 2.24) is 0 Å². The first-order valence-electron chi connectivity index (χ1n) is 17.8. The number of carbonyl (C=O) groups excluding carboxylic acids is 2. The van der Waals surface area contributed by atoms with Crippen LogP contribution in [-0.2, 0) is 27.9 Å². The summed E-state index contributed by atoms with van der Waals surface area (Å²) in [7, 11) is -1.69. The molecule has 7 aromatic rings. The molecule has 0 N–H and O–H groups in total. The molecule has 0 amide bonds. The number of rotatable bonds is 7. The van der Waals surface area contributed by atoms with Crippen LogP contribution in [0.1, 0.15) is 36.5 Å². The van der Waals surface area contributed by atoms with Crippen LogP contribution < -0.4 is 36.7 Å². The summed E-state index contributed by atoms with van der Waals surface area (Å²) in [5.41, 5.74) is 4.13. The molecular weight excluding hydrogens is 804 g/mol. The Balaban J connectivity index is 0.000000589. The zero-order valence-electron chi connectivity index (χ0n) is 30.4. The zero-order chi connectivity index (χ0) is 38.8. The van der Waals surface area contributed by atoms with E-state index in [1.165, 1.54) is 54.0 Å². The van der Waals surface area contributed by atoms with Crippen LogP contribution in [-0.4, -0.2) is 15.7 Å². The van der Waals surface area contributed by atoms with Crippen molar-refractivity contribution in [3.63, 3.8) is 0 Å². The van der Waals surface area contributed by atoms with E-state index in [-0.39, 0.29) is 9.67 Å². The number of carboxylic acid groups (broad SMARTS) is 2. The molecule has 0 heterocycles. The third-order valence-electron chi connectivity index (χ3n) is 9.07. The van der Waals surface area contributed by atoms with Gasteiger partial charge in [-0.3, -0.25) is 0 Å². The van der Waals surface area contributed by atoms with Crippen molar-refractivity contribution in [1.29, 1.82) is 0 Å². The van der Waals surface area contributed by atoms with Crippen molar-refractivity contribution in [3.8, 4) is 0 Å². The summed E-state index contributed by atoms with van der Waals surface area (Å²) in [6.45, 7) is 1.94. The summed E-state index contributed by atoms with van der Waals surface area (Å²) >= 11 is 3.32. The van der Waals surface area contributed by atoms with Gasteiger partial charge in [0.15, 0.2) is 0 Å². The van der Waals surface area contributed by atoms with Crippen LogP contribution >= 0.6 is 15.8 Å². The van der Waals surface area contributed by atoms with Crippen LogP contribution in [0, 0.1) is 0 Å². The first kappa shape index (κ1) is 39.7. The number of aliphatic carboxylic acids is 2. The van der Waals surface area contributed by atoms with Gasteiger partial charge >= 0.3 is 292 Å². The van der Waals surface area contributed by atoms with Gasteiger partial charge < -0.3 is 19.8 Å². The van der Waals surface area contributed by atoms with Crippen LogP contribution in [0.3, 0.4) is 0 Å². The fourth-order valence-electron chi connectivity index (χ4n) is 7.06. The molecule has 0 spiro atoms. The van der Waals surface area contributed by atoms with E-state index in [1.807, 2.05) is 0 Å². The standard InChI is InChI=1S/C44H33P2.2C2H4O2.Ru/c1-5-19-35(20-6-1)45(36-21-7-2-8-22-36)41-31-29-33-17-13-15-27-39(33)43(41)44-40-28-16-14-18-34(40)30-32-42(44)46(37-23-9-3-10-24-37)38-25-11-4-12-26-38;2*1-2(3)4;/h1-32,43H;2*1H3,(H,3,4);/q;;;+2/p-2. The Bertz CT molecular complexity index is 2290. The van der Waals surface area contributed by atoms with E-state index >= 15 is 0 Å². The molecule has 0 aromatic heterocycles. The Hall–Kier alpha value is -5.04. The molecule has 2 atom stereocenters. The minimum atomic E-state index is -1.08. The Morgan fingerprint density at radius 1 is 0.545 bits per heavy atom. The molecule has 0 saturated carbocycles. The van der Waals surface area contributed by atoms with Gasteiger partial charge in [-0.1, -0.05) is 0 Å². The first-order valence-corrected chi connectivity index (χ1v) is 21.4. The number of hydrogen-bond acceptors (Lipinski definition) is 4. The molecule has 55 heavy (non-hydrogen) atoms. The molecule has 1 aliphatic rings. The van der Waals surface area contributed by atoms with Crippen LogP contribution in [0.15, 0.2) is 188 Å². The molecule has 0 aliphatic heterocycles. The molecule has 0 fully saturated rings. The summed E-state index contributed by atoms with van der Waals surface area (Å²) in [6.07, 6.45) is 4.91. The predicted octanol–water partition coefficient (Wildman–Crippen LogP) is 6.65. The van der Waals surface area contributed by atoms with Crippen molar-refractivity contribution in [2.45, 2.75) is 23.5 Å². The first-order chi connectivity index (χ1) is 26.7. The number of fused-ring (bicyclic) bond motifs is 2. The van der Waals surface area contributed by atoms with Gasteiger partial charge in [-0.2, -0.15) is 0 Å². The van der Waals surface area contributed by atoms with Crippen molar-refractivity contribution in [2.75, 3.05) is 0 Å². The molecule has 7 heteroatoms. The molecular formula is C48H39O4P2Ru. The van der Waals surface area contributed by atoms with Gasteiger partial charge in [-0.15, -0.1) is 0 Å². The van der Waals surface area contributed by atoms with Gasteiger partial charge in [0, 0.05) is 11.9 Å². The quantitative estimate of drug-likeness (QED) is 0.133. The second kappa shape index (κ2) is 18.5. The third-order valence-corrected chi connectivity index (χ3v) is 16.2. The van der Waals surface area contributed by atoms with Crippen LogP contribution in [0.2, 0.25) is 0 Å². The van der Waals surface area contributed by atoms with Crippen molar-refractivity contribution in [3.05, 3.63) is 205 Å². The monoisotopic (exact) mass is 843 g/mol.